The molecule has 4 heteroatoms. The number of methoxy groups -OCH3 is 2. The summed E-state index contributed by atoms with van der Waals surface area (Å²) in [5, 5.41) is 13.6. The van der Waals surface area contributed by atoms with Gasteiger partial charge in [0.05, 0.1) is 32.1 Å². The number of anilines is 1. The second-order valence-corrected chi connectivity index (χ2v) is 5.02. The number of hydrogen-bond donors (Lipinski definition) is 2. The maximum absolute atomic E-state index is 10.2. The average Bonchev–Trinajstić information content (AvgIpc) is 2.64. The van der Waals surface area contributed by atoms with Gasteiger partial charge in [-0.1, -0.05) is 19.3 Å². The Hall–Kier alpha value is -1.42. The van der Waals surface area contributed by atoms with E-state index >= 15 is 0 Å². The lowest BCUT2D eigenvalue weighted by molar-refractivity contribution is 0.144. The summed E-state index contributed by atoms with van der Waals surface area (Å²) in [6.45, 7) is 0. The van der Waals surface area contributed by atoms with Crippen LogP contribution in [0.25, 0.3) is 0 Å². The minimum Gasteiger partial charge on any atom is -0.497 e. The van der Waals surface area contributed by atoms with Crippen LogP contribution >= 0.6 is 0 Å². The van der Waals surface area contributed by atoms with Crippen LogP contribution in [0.1, 0.15) is 32.1 Å². The Morgan fingerprint density at radius 2 is 1.89 bits per heavy atom. The zero-order valence-electron chi connectivity index (χ0n) is 11.7. The number of nitrogens with one attached hydrogen (secondary N) is 1. The van der Waals surface area contributed by atoms with Gasteiger partial charge in [-0.3, -0.25) is 0 Å². The van der Waals surface area contributed by atoms with Gasteiger partial charge >= 0.3 is 0 Å². The molecule has 1 aromatic rings. The highest BCUT2D eigenvalue weighted by Gasteiger charge is 2.22. The molecule has 2 rings (SSSR count). The fraction of sp³-hybridized carbons (Fsp3) is 0.600. The third-order valence-corrected chi connectivity index (χ3v) is 3.73. The van der Waals surface area contributed by atoms with Gasteiger partial charge in [-0.25, -0.2) is 0 Å². The molecule has 2 atom stereocenters. The van der Waals surface area contributed by atoms with Crippen molar-refractivity contribution in [3.05, 3.63) is 18.2 Å². The van der Waals surface area contributed by atoms with Gasteiger partial charge in [0.2, 0.25) is 0 Å². The summed E-state index contributed by atoms with van der Waals surface area (Å²) < 4.78 is 10.6. The highest BCUT2D eigenvalue weighted by Crippen LogP contribution is 2.31. The number of aliphatic hydroxyl groups excluding tert-OH is 1. The van der Waals surface area contributed by atoms with Crippen molar-refractivity contribution in [1.29, 1.82) is 0 Å². The van der Waals surface area contributed by atoms with E-state index in [1.165, 1.54) is 6.42 Å². The zero-order chi connectivity index (χ0) is 13.7. The fourth-order valence-electron chi connectivity index (χ4n) is 2.58. The summed E-state index contributed by atoms with van der Waals surface area (Å²) in [6.07, 6.45) is 5.02. The SMILES string of the molecule is COc1ccc(OC)c(NC2CCCCCC2O)c1. The minimum atomic E-state index is -0.293. The molecule has 1 aromatic carbocycles. The molecule has 0 aliphatic heterocycles. The van der Waals surface area contributed by atoms with E-state index in [2.05, 4.69) is 5.32 Å². The number of hydrogen-bond acceptors (Lipinski definition) is 4. The quantitative estimate of drug-likeness (QED) is 0.822. The van der Waals surface area contributed by atoms with Gasteiger partial charge < -0.3 is 19.9 Å². The molecule has 0 radical (unpaired) electrons. The first-order valence-corrected chi connectivity index (χ1v) is 6.91. The summed E-state index contributed by atoms with van der Waals surface area (Å²) >= 11 is 0. The van der Waals surface area contributed by atoms with Crippen molar-refractivity contribution < 1.29 is 14.6 Å². The largest absolute Gasteiger partial charge is 0.497 e. The summed E-state index contributed by atoms with van der Waals surface area (Å²) in [7, 11) is 3.29. The average molecular weight is 265 g/mol. The van der Waals surface area contributed by atoms with Crippen LogP contribution in [0, 0.1) is 0 Å². The Morgan fingerprint density at radius 3 is 2.63 bits per heavy atom. The molecule has 106 valence electrons. The van der Waals surface area contributed by atoms with Crippen molar-refractivity contribution in [2.45, 2.75) is 44.2 Å². The summed E-state index contributed by atoms with van der Waals surface area (Å²) in [5.74, 6) is 1.56. The maximum atomic E-state index is 10.2. The van der Waals surface area contributed by atoms with E-state index in [4.69, 9.17) is 9.47 Å². The second kappa shape index (κ2) is 6.66. The predicted octanol–water partition coefficient (Wildman–Crippen LogP) is 2.81. The van der Waals surface area contributed by atoms with Crippen molar-refractivity contribution >= 4 is 5.69 Å². The molecule has 0 amide bonds. The molecule has 19 heavy (non-hydrogen) atoms. The van der Waals surface area contributed by atoms with E-state index in [0.717, 1.165) is 42.9 Å². The highest BCUT2D eigenvalue weighted by atomic mass is 16.5. The first-order chi connectivity index (χ1) is 9.24. The molecule has 2 N–H and O–H groups in total. The van der Waals surface area contributed by atoms with Gasteiger partial charge in [-0.05, 0) is 25.0 Å². The van der Waals surface area contributed by atoms with E-state index < -0.39 is 0 Å². The lowest BCUT2D eigenvalue weighted by Crippen LogP contribution is -2.32. The van der Waals surface area contributed by atoms with Gasteiger partial charge in [0, 0.05) is 6.07 Å². The van der Waals surface area contributed by atoms with Crippen LogP contribution in [0.5, 0.6) is 11.5 Å². The zero-order valence-corrected chi connectivity index (χ0v) is 11.7. The smallest absolute Gasteiger partial charge is 0.142 e. The molecule has 0 aromatic heterocycles. The van der Waals surface area contributed by atoms with Crippen LogP contribution in [0.3, 0.4) is 0 Å². The molecular formula is C15H23NO3. The third kappa shape index (κ3) is 3.53. The van der Waals surface area contributed by atoms with Crippen LogP contribution < -0.4 is 14.8 Å². The molecule has 1 fully saturated rings. The van der Waals surface area contributed by atoms with Crippen molar-refractivity contribution in [1.82, 2.24) is 0 Å². The van der Waals surface area contributed by atoms with Crippen LogP contribution in [0.4, 0.5) is 5.69 Å². The lowest BCUT2D eigenvalue weighted by atomic mass is 10.1. The van der Waals surface area contributed by atoms with Crippen LogP contribution in [0.15, 0.2) is 18.2 Å². The van der Waals surface area contributed by atoms with Crippen molar-refractivity contribution in [3.63, 3.8) is 0 Å². The van der Waals surface area contributed by atoms with Gasteiger partial charge in [0.25, 0.3) is 0 Å². The Morgan fingerprint density at radius 1 is 1.11 bits per heavy atom. The second-order valence-electron chi connectivity index (χ2n) is 5.02. The Kier molecular flexibility index (Phi) is 4.91. The first-order valence-electron chi connectivity index (χ1n) is 6.91. The molecule has 2 unspecified atom stereocenters. The molecule has 0 heterocycles. The van der Waals surface area contributed by atoms with Gasteiger partial charge in [0.15, 0.2) is 0 Å². The molecule has 1 aliphatic carbocycles. The third-order valence-electron chi connectivity index (χ3n) is 3.73. The van der Waals surface area contributed by atoms with E-state index in [0.29, 0.717) is 0 Å². The first kappa shape index (κ1) is 14.0. The Balaban J connectivity index is 2.15. The topological polar surface area (TPSA) is 50.7 Å². The summed E-state index contributed by atoms with van der Waals surface area (Å²) in [4.78, 5) is 0. The van der Waals surface area contributed by atoms with Gasteiger partial charge in [0.1, 0.15) is 11.5 Å². The Labute approximate surface area is 114 Å². The van der Waals surface area contributed by atoms with Crippen molar-refractivity contribution in [3.8, 4) is 11.5 Å². The number of rotatable bonds is 4. The van der Waals surface area contributed by atoms with Crippen LogP contribution in [-0.4, -0.2) is 31.5 Å². The van der Waals surface area contributed by atoms with Crippen LogP contribution in [-0.2, 0) is 0 Å². The molecule has 1 aliphatic rings. The maximum Gasteiger partial charge on any atom is 0.142 e. The molecule has 0 saturated heterocycles. The normalized spacial score (nSPS) is 23.5. The standard InChI is InChI=1S/C15H23NO3/c1-18-11-8-9-15(19-2)13(10-11)16-12-6-4-3-5-7-14(12)17/h8-10,12,14,16-17H,3-7H2,1-2H3. The van der Waals surface area contributed by atoms with Gasteiger partial charge in [-0.2, -0.15) is 0 Å². The predicted molar refractivity (Wildman–Crippen MR) is 76.0 cm³/mol. The monoisotopic (exact) mass is 265 g/mol. The van der Waals surface area contributed by atoms with E-state index in [1.54, 1.807) is 14.2 Å². The molecule has 0 bridgehead atoms. The van der Waals surface area contributed by atoms with Crippen molar-refractivity contribution in [2.75, 3.05) is 19.5 Å². The van der Waals surface area contributed by atoms with Crippen molar-refractivity contribution in [2.24, 2.45) is 0 Å². The number of aliphatic hydroxyl groups is 1. The summed E-state index contributed by atoms with van der Waals surface area (Å²) in [5.41, 5.74) is 0.882. The van der Waals surface area contributed by atoms with Crippen LogP contribution in [0.2, 0.25) is 0 Å². The van der Waals surface area contributed by atoms with Gasteiger partial charge in [-0.15, -0.1) is 0 Å². The number of benzene rings is 1. The lowest BCUT2D eigenvalue weighted by Gasteiger charge is -2.24. The number of ether oxygens (including phenoxy) is 2. The molecule has 0 spiro atoms. The molecular weight excluding hydrogens is 242 g/mol. The van der Waals surface area contributed by atoms with E-state index in [-0.39, 0.29) is 12.1 Å². The molecule has 1 saturated carbocycles. The van der Waals surface area contributed by atoms with E-state index in [9.17, 15) is 5.11 Å². The Bertz CT molecular complexity index is 408. The summed E-state index contributed by atoms with van der Waals surface area (Å²) in [6, 6.07) is 5.75. The minimum absolute atomic E-state index is 0.0866. The fourth-order valence-corrected chi connectivity index (χ4v) is 2.58. The van der Waals surface area contributed by atoms with E-state index in [1.807, 2.05) is 18.2 Å². The highest BCUT2D eigenvalue weighted by molar-refractivity contribution is 5.60. The molecule has 4 nitrogen and oxygen atoms in total.